The van der Waals surface area contributed by atoms with Gasteiger partial charge in [-0.15, -0.1) is 4.73 Å². The van der Waals surface area contributed by atoms with Crippen molar-refractivity contribution in [2.45, 2.75) is 12.8 Å². The van der Waals surface area contributed by atoms with Crippen LogP contribution in [0.1, 0.15) is 12.8 Å². The van der Waals surface area contributed by atoms with Crippen LogP contribution in [0.15, 0.2) is 75.9 Å². The van der Waals surface area contributed by atoms with Gasteiger partial charge in [0.15, 0.2) is 11.0 Å². The van der Waals surface area contributed by atoms with Crippen molar-refractivity contribution in [3.8, 4) is 22.9 Å². The highest BCUT2D eigenvalue weighted by Crippen LogP contribution is 2.33. The predicted molar refractivity (Wildman–Crippen MR) is 140 cm³/mol. The van der Waals surface area contributed by atoms with E-state index in [0.717, 1.165) is 23.3 Å². The summed E-state index contributed by atoms with van der Waals surface area (Å²) in [5.41, 5.74) is 1.91. The summed E-state index contributed by atoms with van der Waals surface area (Å²) in [6.45, 7) is 1.43. The molecule has 5 rings (SSSR count). The van der Waals surface area contributed by atoms with Gasteiger partial charge in [-0.2, -0.15) is 0 Å². The van der Waals surface area contributed by atoms with Crippen molar-refractivity contribution in [1.82, 2.24) is 9.21 Å². The summed E-state index contributed by atoms with van der Waals surface area (Å²) in [5.74, 6) is -2.09. The zero-order valence-electron chi connectivity index (χ0n) is 20.9. The Labute approximate surface area is 222 Å². The van der Waals surface area contributed by atoms with Crippen LogP contribution >= 0.6 is 0 Å². The third kappa shape index (κ3) is 5.49. The summed E-state index contributed by atoms with van der Waals surface area (Å²) >= 11 is 0. The van der Waals surface area contributed by atoms with Gasteiger partial charge < -0.3 is 28.9 Å². The van der Waals surface area contributed by atoms with Crippen molar-refractivity contribution in [1.29, 1.82) is 0 Å². The summed E-state index contributed by atoms with van der Waals surface area (Å²) in [7, 11) is 0. The van der Waals surface area contributed by atoms with E-state index < -0.39 is 23.7 Å². The number of aromatic hydroxyl groups is 2. The van der Waals surface area contributed by atoms with E-state index >= 15 is 0 Å². The SMILES string of the molecule is O=C(CCC(=O)On1c(O)ccc1O)OC[N+]1(c2cc(=O)c3cccc(-c4ccccc4)c3o2)CCOCC1. The molecule has 39 heavy (non-hydrogen) atoms. The lowest BCUT2D eigenvalue weighted by Crippen LogP contribution is -2.58. The summed E-state index contributed by atoms with van der Waals surface area (Å²) in [6.07, 6.45) is -0.636. The molecule has 0 aliphatic carbocycles. The molecule has 1 fully saturated rings. The van der Waals surface area contributed by atoms with E-state index in [2.05, 4.69) is 0 Å². The number of hydrogen-bond acceptors (Lipinski definition) is 9. The Bertz CT molecular complexity index is 1530. The highest BCUT2D eigenvalue weighted by atomic mass is 16.7. The summed E-state index contributed by atoms with van der Waals surface area (Å²) in [5, 5.41) is 19.6. The van der Waals surface area contributed by atoms with Crippen LogP contribution in [0.5, 0.6) is 11.8 Å². The van der Waals surface area contributed by atoms with Crippen LogP contribution in [-0.4, -0.2) is 59.9 Å². The fourth-order valence-corrected chi connectivity index (χ4v) is 4.46. The molecule has 0 atom stereocenters. The number of quaternary nitrogens is 1. The molecule has 2 N–H and O–H groups in total. The average Bonchev–Trinajstić information content (AvgIpc) is 3.27. The molecule has 1 aliphatic rings. The van der Waals surface area contributed by atoms with E-state index in [1.165, 1.54) is 6.07 Å². The lowest BCUT2D eigenvalue weighted by molar-refractivity contribution is -0.155. The highest BCUT2D eigenvalue weighted by Gasteiger charge is 2.38. The van der Waals surface area contributed by atoms with Crippen molar-refractivity contribution in [3.63, 3.8) is 0 Å². The van der Waals surface area contributed by atoms with Crippen LogP contribution in [0, 0.1) is 0 Å². The number of fused-ring (bicyclic) bond motifs is 1. The van der Waals surface area contributed by atoms with Crippen molar-refractivity contribution in [2.24, 2.45) is 0 Å². The van der Waals surface area contributed by atoms with Crippen LogP contribution in [0.2, 0.25) is 0 Å². The Morgan fingerprint density at radius 1 is 0.897 bits per heavy atom. The highest BCUT2D eigenvalue weighted by molar-refractivity contribution is 5.92. The van der Waals surface area contributed by atoms with Gasteiger partial charge in [0.25, 0.3) is 0 Å². The maximum absolute atomic E-state index is 13.2. The van der Waals surface area contributed by atoms with Gasteiger partial charge >= 0.3 is 17.8 Å². The molecule has 2 aromatic heterocycles. The van der Waals surface area contributed by atoms with Gasteiger partial charge in [-0.3, -0.25) is 9.59 Å². The molecule has 202 valence electrons. The lowest BCUT2D eigenvalue weighted by Gasteiger charge is -2.37. The fourth-order valence-electron chi connectivity index (χ4n) is 4.46. The Morgan fingerprint density at radius 2 is 1.59 bits per heavy atom. The molecule has 0 unspecified atom stereocenters. The van der Waals surface area contributed by atoms with Crippen molar-refractivity contribution < 1.29 is 38.5 Å². The number of esters is 1. The van der Waals surface area contributed by atoms with Crippen LogP contribution in [-0.2, 0) is 19.1 Å². The maximum atomic E-state index is 13.2. The molecule has 1 saturated heterocycles. The Balaban J connectivity index is 1.35. The number of ether oxygens (including phenoxy) is 2. The van der Waals surface area contributed by atoms with Gasteiger partial charge in [0.05, 0.1) is 37.5 Å². The first-order valence-electron chi connectivity index (χ1n) is 12.4. The maximum Gasteiger partial charge on any atom is 0.333 e. The topological polar surface area (TPSA) is 137 Å². The first-order chi connectivity index (χ1) is 18.9. The third-order valence-corrected chi connectivity index (χ3v) is 6.62. The first kappa shape index (κ1) is 26.0. The minimum Gasteiger partial charge on any atom is -0.492 e. The Hall–Kier alpha value is -4.61. The Kier molecular flexibility index (Phi) is 7.35. The molecule has 3 heterocycles. The number of hydrogen-bond donors (Lipinski definition) is 2. The normalized spacial score (nSPS) is 14.7. The van der Waals surface area contributed by atoms with E-state index in [4.69, 9.17) is 18.7 Å². The molecule has 0 bridgehead atoms. The third-order valence-electron chi connectivity index (χ3n) is 6.62. The number of aromatic nitrogens is 1. The van der Waals surface area contributed by atoms with Gasteiger partial charge in [0, 0.05) is 17.7 Å². The molecular weight excluding hydrogens is 508 g/mol. The second kappa shape index (κ2) is 11.0. The minimum atomic E-state index is -0.849. The standard InChI is InChI=1S/C28H26N2O9/c31-22-17-25(38-28-20(7-4-8-21(22)28)19-5-2-1-3-6-19)30(13-15-36-16-14-30)18-37-26(34)11-12-27(35)39-29-23(32)9-10-24(29)33/h1-10,17H,11-16,18H2,(H-,32,33)/p+1. The summed E-state index contributed by atoms with van der Waals surface area (Å²) in [6, 6.07) is 18.7. The smallest absolute Gasteiger partial charge is 0.333 e. The molecule has 2 aromatic carbocycles. The minimum absolute atomic E-state index is 0.0512. The summed E-state index contributed by atoms with van der Waals surface area (Å²) < 4.78 is 18.1. The zero-order chi connectivity index (χ0) is 27.4. The van der Waals surface area contributed by atoms with Crippen molar-refractivity contribution in [3.05, 3.63) is 77.0 Å². The molecule has 0 amide bonds. The first-order valence-corrected chi connectivity index (χ1v) is 12.4. The monoisotopic (exact) mass is 535 g/mol. The number of rotatable bonds is 8. The average molecular weight is 536 g/mol. The molecule has 11 heteroatoms. The van der Waals surface area contributed by atoms with E-state index in [1.807, 2.05) is 42.5 Å². The zero-order valence-corrected chi connectivity index (χ0v) is 20.9. The largest absolute Gasteiger partial charge is 0.492 e. The van der Waals surface area contributed by atoms with Crippen molar-refractivity contribution in [2.75, 3.05) is 33.0 Å². The number of carbonyl (C=O) groups excluding carboxylic acids is 2. The fraction of sp³-hybridized carbons (Fsp3) is 0.250. The van der Waals surface area contributed by atoms with Crippen molar-refractivity contribution >= 4 is 28.8 Å². The molecule has 0 radical (unpaired) electrons. The lowest BCUT2D eigenvalue weighted by atomic mass is 10.0. The van der Waals surface area contributed by atoms with Crippen LogP contribution < -0.4 is 14.7 Å². The number of nitrogens with zero attached hydrogens (tertiary/aromatic N) is 2. The summed E-state index contributed by atoms with van der Waals surface area (Å²) in [4.78, 5) is 42.6. The molecule has 11 nitrogen and oxygen atoms in total. The van der Waals surface area contributed by atoms with E-state index in [1.54, 1.807) is 6.07 Å². The van der Waals surface area contributed by atoms with Gasteiger partial charge in [-0.25, -0.2) is 9.28 Å². The van der Waals surface area contributed by atoms with Gasteiger partial charge in [0.1, 0.15) is 13.1 Å². The van der Waals surface area contributed by atoms with E-state index in [-0.39, 0.29) is 29.5 Å². The predicted octanol–water partition coefficient (Wildman–Crippen LogP) is 2.95. The second-order valence-electron chi connectivity index (χ2n) is 9.15. The van der Waals surface area contributed by atoms with Gasteiger partial charge in [-0.1, -0.05) is 42.5 Å². The second-order valence-corrected chi connectivity index (χ2v) is 9.15. The quantitative estimate of drug-likeness (QED) is 0.258. The number of carbonyl (C=O) groups is 2. The van der Waals surface area contributed by atoms with Gasteiger partial charge in [0.2, 0.25) is 18.5 Å². The number of para-hydroxylation sites is 1. The molecule has 1 aliphatic heterocycles. The van der Waals surface area contributed by atoms with Crippen LogP contribution in [0.3, 0.4) is 0 Å². The molecule has 0 spiro atoms. The van der Waals surface area contributed by atoms with Crippen LogP contribution in [0.4, 0.5) is 5.88 Å². The molecule has 4 aromatic rings. The van der Waals surface area contributed by atoms with Crippen LogP contribution in [0.25, 0.3) is 22.1 Å². The number of benzene rings is 2. The van der Waals surface area contributed by atoms with Gasteiger partial charge in [-0.05, 0) is 11.6 Å². The van der Waals surface area contributed by atoms with E-state index in [9.17, 15) is 24.6 Å². The van der Waals surface area contributed by atoms with E-state index in [0.29, 0.717) is 47.9 Å². The Morgan fingerprint density at radius 3 is 2.31 bits per heavy atom. The molecular formula is C28H27N2O9+. The number of morpholine rings is 1. The molecule has 0 saturated carbocycles.